The fourth-order valence-corrected chi connectivity index (χ4v) is 2.57. The maximum absolute atomic E-state index is 12.2. The summed E-state index contributed by atoms with van der Waals surface area (Å²) < 4.78 is 5.72. The average molecular weight is 372 g/mol. The molecule has 0 heterocycles. The summed E-state index contributed by atoms with van der Waals surface area (Å²) in [4.78, 5) is 12.2. The van der Waals surface area contributed by atoms with E-state index in [2.05, 4.69) is 5.32 Å². The number of hydrogen-bond donors (Lipinski definition) is 1. The Hall–Kier alpha value is -2.49. The molecule has 0 spiro atoms. The standard InChI is InChI=1S/C20H15Cl2NO2/c21-15-7-5-14(6-8-15)13-25-17-11-9-16(10-12-17)23-20(24)18-3-1-2-4-19(18)22/h1-12H,13H2,(H,23,24). The second kappa shape index (κ2) is 8.06. The molecule has 126 valence electrons. The zero-order valence-corrected chi connectivity index (χ0v) is 14.7. The molecule has 0 atom stereocenters. The van der Waals surface area contributed by atoms with Gasteiger partial charge in [-0.1, -0.05) is 47.5 Å². The zero-order valence-electron chi connectivity index (χ0n) is 13.2. The maximum Gasteiger partial charge on any atom is 0.257 e. The van der Waals surface area contributed by atoms with Gasteiger partial charge in [0.05, 0.1) is 10.6 Å². The predicted octanol–water partition coefficient (Wildman–Crippen LogP) is 5.82. The summed E-state index contributed by atoms with van der Waals surface area (Å²) in [6, 6.07) is 21.6. The number of amides is 1. The van der Waals surface area contributed by atoms with Crippen LogP contribution in [0.25, 0.3) is 0 Å². The molecule has 0 aliphatic heterocycles. The number of nitrogens with one attached hydrogen (secondary N) is 1. The Balaban J connectivity index is 1.59. The molecular formula is C20H15Cl2NO2. The highest BCUT2D eigenvalue weighted by atomic mass is 35.5. The molecule has 25 heavy (non-hydrogen) atoms. The van der Waals surface area contributed by atoms with Crippen LogP contribution in [0, 0.1) is 0 Å². The topological polar surface area (TPSA) is 38.3 Å². The number of carbonyl (C=O) groups excluding carboxylic acids is 1. The van der Waals surface area contributed by atoms with Gasteiger partial charge in [0.25, 0.3) is 5.91 Å². The highest BCUT2D eigenvalue weighted by Gasteiger charge is 2.09. The fourth-order valence-electron chi connectivity index (χ4n) is 2.23. The van der Waals surface area contributed by atoms with Crippen molar-refractivity contribution in [2.45, 2.75) is 6.61 Å². The van der Waals surface area contributed by atoms with E-state index in [9.17, 15) is 4.79 Å². The van der Waals surface area contributed by atoms with Crippen LogP contribution in [0.1, 0.15) is 15.9 Å². The number of ether oxygens (including phenoxy) is 1. The second-order valence-electron chi connectivity index (χ2n) is 5.37. The minimum atomic E-state index is -0.250. The molecule has 3 rings (SSSR count). The van der Waals surface area contributed by atoms with Crippen molar-refractivity contribution in [1.82, 2.24) is 0 Å². The first-order valence-electron chi connectivity index (χ1n) is 7.65. The SMILES string of the molecule is O=C(Nc1ccc(OCc2ccc(Cl)cc2)cc1)c1ccccc1Cl. The van der Waals surface area contributed by atoms with Gasteiger partial charge in [0, 0.05) is 10.7 Å². The number of anilines is 1. The van der Waals surface area contributed by atoms with Crippen molar-refractivity contribution in [3.8, 4) is 5.75 Å². The first-order chi connectivity index (χ1) is 12.1. The van der Waals surface area contributed by atoms with Gasteiger partial charge in [-0.15, -0.1) is 0 Å². The lowest BCUT2D eigenvalue weighted by Gasteiger charge is -2.09. The summed E-state index contributed by atoms with van der Waals surface area (Å²) in [5.41, 5.74) is 2.14. The smallest absolute Gasteiger partial charge is 0.257 e. The quantitative estimate of drug-likeness (QED) is 0.612. The summed E-state index contributed by atoms with van der Waals surface area (Å²) in [6.07, 6.45) is 0. The van der Waals surface area contributed by atoms with Crippen LogP contribution >= 0.6 is 23.2 Å². The van der Waals surface area contributed by atoms with Gasteiger partial charge in [-0.05, 0) is 54.1 Å². The van der Waals surface area contributed by atoms with Gasteiger partial charge in [-0.25, -0.2) is 0 Å². The molecule has 1 N–H and O–H groups in total. The number of halogens is 2. The Labute approximate surface area is 156 Å². The highest BCUT2D eigenvalue weighted by molar-refractivity contribution is 6.34. The molecule has 3 aromatic rings. The molecule has 0 radical (unpaired) electrons. The van der Waals surface area contributed by atoms with E-state index < -0.39 is 0 Å². The Bertz CT molecular complexity index is 862. The zero-order chi connectivity index (χ0) is 17.6. The maximum atomic E-state index is 12.2. The molecule has 0 aliphatic rings. The number of rotatable bonds is 5. The summed E-state index contributed by atoms with van der Waals surface area (Å²) >= 11 is 11.9. The van der Waals surface area contributed by atoms with Crippen LogP contribution in [0.15, 0.2) is 72.8 Å². The lowest BCUT2D eigenvalue weighted by Crippen LogP contribution is -2.12. The van der Waals surface area contributed by atoms with Gasteiger partial charge in [0.15, 0.2) is 0 Å². The van der Waals surface area contributed by atoms with Crippen molar-refractivity contribution in [1.29, 1.82) is 0 Å². The van der Waals surface area contributed by atoms with Crippen molar-refractivity contribution in [2.75, 3.05) is 5.32 Å². The van der Waals surface area contributed by atoms with Crippen LogP contribution in [-0.2, 0) is 6.61 Å². The first kappa shape index (κ1) is 17.3. The molecule has 0 unspecified atom stereocenters. The molecule has 5 heteroatoms. The Morgan fingerprint density at radius 1 is 0.880 bits per heavy atom. The molecule has 1 amide bonds. The minimum Gasteiger partial charge on any atom is -0.489 e. The normalized spacial score (nSPS) is 10.3. The third-order valence-electron chi connectivity index (χ3n) is 3.55. The van der Waals surface area contributed by atoms with Crippen LogP contribution in [0.3, 0.4) is 0 Å². The molecule has 0 saturated heterocycles. The van der Waals surface area contributed by atoms with Gasteiger partial charge in [-0.2, -0.15) is 0 Å². The van der Waals surface area contributed by atoms with E-state index in [0.29, 0.717) is 33.7 Å². The van der Waals surface area contributed by atoms with Crippen molar-refractivity contribution < 1.29 is 9.53 Å². The molecule has 0 fully saturated rings. The molecule has 3 aromatic carbocycles. The molecular weight excluding hydrogens is 357 g/mol. The van der Waals surface area contributed by atoms with Crippen LogP contribution < -0.4 is 10.1 Å². The third kappa shape index (κ3) is 4.75. The van der Waals surface area contributed by atoms with E-state index in [1.165, 1.54) is 0 Å². The summed E-state index contributed by atoms with van der Waals surface area (Å²) in [5, 5.41) is 3.93. The van der Waals surface area contributed by atoms with Gasteiger partial charge < -0.3 is 10.1 Å². The van der Waals surface area contributed by atoms with E-state index >= 15 is 0 Å². The Morgan fingerprint density at radius 3 is 2.24 bits per heavy atom. The number of benzene rings is 3. The van der Waals surface area contributed by atoms with Gasteiger partial charge in [-0.3, -0.25) is 4.79 Å². The van der Waals surface area contributed by atoms with Crippen LogP contribution in [0.4, 0.5) is 5.69 Å². The molecule has 0 saturated carbocycles. The van der Waals surface area contributed by atoms with Gasteiger partial charge >= 0.3 is 0 Å². The van der Waals surface area contributed by atoms with Crippen LogP contribution in [0.2, 0.25) is 10.0 Å². The van der Waals surface area contributed by atoms with E-state index in [4.69, 9.17) is 27.9 Å². The van der Waals surface area contributed by atoms with E-state index in [-0.39, 0.29) is 5.91 Å². The van der Waals surface area contributed by atoms with Crippen molar-refractivity contribution in [2.24, 2.45) is 0 Å². The van der Waals surface area contributed by atoms with Crippen molar-refractivity contribution >= 4 is 34.8 Å². The third-order valence-corrected chi connectivity index (χ3v) is 4.13. The first-order valence-corrected chi connectivity index (χ1v) is 8.40. The number of hydrogen-bond acceptors (Lipinski definition) is 2. The van der Waals surface area contributed by atoms with Gasteiger partial charge in [0.2, 0.25) is 0 Å². The fraction of sp³-hybridized carbons (Fsp3) is 0.0500. The minimum absolute atomic E-state index is 0.250. The van der Waals surface area contributed by atoms with Crippen LogP contribution in [0.5, 0.6) is 5.75 Å². The molecule has 0 aromatic heterocycles. The van der Waals surface area contributed by atoms with Crippen molar-refractivity contribution in [3.05, 3.63) is 94.0 Å². The largest absolute Gasteiger partial charge is 0.489 e. The summed E-state index contributed by atoms with van der Waals surface area (Å²) in [6.45, 7) is 0.447. The molecule has 3 nitrogen and oxygen atoms in total. The summed E-state index contributed by atoms with van der Waals surface area (Å²) in [5.74, 6) is 0.464. The number of carbonyl (C=O) groups is 1. The predicted molar refractivity (Wildman–Crippen MR) is 102 cm³/mol. The van der Waals surface area contributed by atoms with Crippen molar-refractivity contribution in [3.63, 3.8) is 0 Å². The lowest BCUT2D eigenvalue weighted by molar-refractivity contribution is 0.102. The molecule has 0 bridgehead atoms. The van der Waals surface area contributed by atoms with E-state index in [0.717, 1.165) is 5.56 Å². The molecule has 0 aliphatic carbocycles. The second-order valence-corrected chi connectivity index (χ2v) is 6.22. The summed E-state index contributed by atoms with van der Waals surface area (Å²) in [7, 11) is 0. The lowest BCUT2D eigenvalue weighted by atomic mass is 10.2. The van der Waals surface area contributed by atoms with E-state index in [1.54, 1.807) is 48.5 Å². The monoisotopic (exact) mass is 371 g/mol. The van der Waals surface area contributed by atoms with E-state index in [1.807, 2.05) is 24.3 Å². The average Bonchev–Trinajstić information content (AvgIpc) is 2.63. The van der Waals surface area contributed by atoms with Gasteiger partial charge in [0.1, 0.15) is 12.4 Å². The van der Waals surface area contributed by atoms with Crippen LogP contribution in [-0.4, -0.2) is 5.91 Å². The Kier molecular flexibility index (Phi) is 5.59. The Morgan fingerprint density at radius 2 is 1.56 bits per heavy atom. The highest BCUT2D eigenvalue weighted by Crippen LogP contribution is 2.20.